The zero-order valence-electron chi connectivity index (χ0n) is 41.3. The highest BCUT2D eigenvalue weighted by Crippen LogP contribution is 2.65. The van der Waals surface area contributed by atoms with Crippen molar-refractivity contribution in [3.05, 3.63) is 311 Å². The highest BCUT2D eigenvalue weighted by atomic mass is 15.1. The van der Waals surface area contributed by atoms with Crippen molar-refractivity contribution in [2.24, 2.45) is 0 Å². The Hall–Kier alpha value is -9.76. The standard InChI is InChI=1S/C74H44N2/c1-3-18-51-45(16-1)32-33-47-42-48(35-38-52(47)51)75(49-36-39-56-54-20-5-9-25-61(54)73(67(56)43-49)63-27-11-7-23-60(63)71-53-19-4-2-17-46(53)34-41-65(71)73)50-37-40-57-55-21-6-10-26-62(55)74(68(57)44-50)64-28-12-14-31-70(64)76-69-30-13-8-22-58(69)59-24-15-29-66(74)72(59)76/h1-44H. The maximum absolute atomic E-state index is 2.55. The van der Waals surface area contributed by atoms with Gasteiger partial charge in [-0.1, -0.05) is 218 Å². The van der Waals surface area contributed by atoms with E-state index >= 15 is 0 Å². The van der Waals surface area contributed by atoms with Gasteiger partial charge in [0.2, 0.25) is 0 Å². The molecule has 2 heterocycles. The predicted molar refractivity (Wildman–Crippen MR) is 315 cm³/mol. The van der Waals surface area contributed by atoms with E-state index in [1.165, 1.54) is 138 Å². The van der Waals surface area contributed by atoms with Crippen LogP contribution in [0.15, 0.2) is 267 Å². The molecule has 2 spiro atoms. The summed E-state index contributed by atoms with van der Waals surface area (Å²) in [4.78, 5) is 2.55. The average molecular weight is 961 g/mol. The van der Waals surface area contributed by atoms with Crippen LogP contribution in [-0.2, 0) is 10.8 Å². The van der Waals surface area contributed by atoms with Gasteiger partial charge in [-0.3, -0.25) is 0 Å². The van der Waals surface area contributed by atoms with Gasteiger partial charge in [-0.15, -0.1) is 0 Å². The molecule has 0 amide bonds. The van der Waals surface area contributed by atoms with E-state index in [0.717, 1.165) is 17.1 Å². The quantitative estimate of drug-likeness (QED) is 0.160. The molecule has 2 atom stereocenters. The van der Waals surface area contributed by atoms with Crippen molar-refractivity contribution in [2.45, 2.75) is 10.8 Å². The van der Waals surface area contributed by atoms with E-state index in [1.807, 2.05) is 0 Å². The lowest BCUT2D eigenvalue weighted by Gasteiger charge is -2.40. The first-order chi connectivity index (χ1) is 37.7. The van der Waals surface area contributed by atoms with Gasteiger partial charge < -0.3 is 9.47 Å². The van der Waals surface area contributed by atoms with Crippen molar-refractivity contribution in [2.75, 3.05) is 4.90 Å². The minimum atomic E-state index is -0.597. The van der Waals surface area contributed by atoms with Gasteiger partial charge >= 0.3 is 0 Å². The van der Waals surface area contributed by atoms with Gasteiger partial charge in [0.1, 0.15) is 0 Å². The van der Waals surface area contributed by atoms with Crippen molar-refractivity contribution >= 4 is 71.2 Å². The van der Waals surface area contributed by atoms with Crippen molar-refractivity contribution in [1.29, 1.82) is 0 Å². The number of hydrogen-bond acceptors (Lipinski definition) is 1. The molecule has 3 aliphatic carbocycles. The SMILES string of the molecule is c1ccc2c(c1)-c1ccc(N(c3ccc4c(c3)C3(c5ccccc5-4)c4ccccc4-n4c5ccccc5c5cccc3c54)c3ccc4c(ccc5ccccc54)c3)cc1C21c2ccccc2-c2c1ccc1ccccc21. The lowest BCUT2D eigenvalue weighted by molar-refractivity contribution is 0.748. The molecule has 0 N–H and O–H groups in total. The van der Waals surface area contributed by atoms with Crippen LogP contribution in [0.4, 0.5) is 17.1 Å². The summed E-state index contributed by atoms with van der Waals surface area (Å²) in [5, 5.41) is 10.1. The van der Waals surface area contributed by atoms with Crippen LogP contribution >= 0.6 is 0 Å². The maximum Gasteiger partial charge on any atom is 0.0755 e. The van der Waals surface area contributed by atoms with Crippen LogP contribution < -0.4 is 4.90 Å². The number of anilines is 3. The molecule has 1 aromatic heterocycles. The molecular formula is C74H44N2. The summed E-state index contributed by atoms with van der Waals surface area (Å²) < 4.78 is 2.54. The molecule has 2 heteroatoms. The van der Waals surface area contributed by atoms with Crippen molar-refractivity contribution in [3.8, 4) is 39.1 Å². The molecule has 350 valence electrons. The lowest BCUT2D eigenvalue weighted by atomic mass is 9.65. The summed E-state index contributed by atoms with van der Waals surface area (Å²) in [6.45, 7) is 0. The third kappa shape index (κ3) is 4.85. The first-order valence-electron chi connectivity index (χ1n) is 26.7. The second-order valence-corrected chi connectivity index (χ2v) is 21.4. The Kier molecular flexibility index (Phi) is 7.77. The fourth-order valence-electron chi connectivity index (χ4n) is 15.3. The van der Waals surface area contributed by atoms with Gasteiger partial charge in [0.05, 0.1) is 27.6 Å². The van der Waals surface area contributed by atoms with Crippen LogP contribution in [0.3, 0.4) is 0 Å². The molecule has 2 unspecified atom stereocenters. The Morgan fingerprint density at radius 1 is 0.263 bits per heavy atom. The first kappa shape index (κ1) is 40.7. The second kappa shape index (κ2) is 14.5. The van der Waals surface area contributed by atoms with E-state index in [1.54, 1.807) is 0 Å². The van der Waals surface area contributed by atoms with E-state index in [4.69, 9.17) is 0 Å². The normalized spacial score (nSPS) is 16.8. The summed E-state index contributed by atoms with van der Waals surface area (Å²) in [6, 6.07) is 102. The highest BCUT2D eigenvalue weighted by Gasteiger charge is 2.53. The molecule has 0 radical (unpaired) electrons. The van der Waals surface area contributed by atoms with Gasteiger partial charge in [0, 0.05) is 27.8 Å². The van der Waals surface area contributed by atoms with Crippen LogP contribution in [0, 0.1) is 0 Å². The zero-order valence-corrected chi connectivity index (χ0v) is 41.3. The number of rotatable bonds is 3. The predicted octanol–water partition coefficient (Wildman–Crippen LogP) is 18.7. The minimum Gasteiger partial charge on any atom is -0.310 e. The molecule has 0 saturated heterocycles. The fourth-order valence-corrected chi connectivity index (χ4v) is 15.3. The maximum atomic E-state index is 2.55. The van der Waals surface area contributed by atoms with E-state index < -0.39 is 10.8 Å². The summed E-state index contributed by atoms with van der Waals surface area (Å²) >= 11 is 0. The number of nitrogens with zero attached hydrogens (tertiary/aromatic N) is 2. The third-order valence-electron chi connectivity index (χ3n) is 18.1. The topological polar surface area (TPSA) is 8.17 Å². The number of benzene rings is 13. The molecule has 0 saturated carbocycles. The number of aromatic nitrogens is 1. The van der Waals surface area contributed by atoms with E-state index in [-0.39, 0.29) is 0 Å². The molecule has 0 fully saturated rings. The first-order valence-corrected chi connectivity index (χ1v) is 26.7. The smallest absolute Gasteiger partial charge is 0.0755 e. The lowest BCUT2D eigenvalue weighted by Crippen LogP contribution is -2.33. The van der Waals surface area contributed by atoms with Gasteiger partial charge in [0.25, 0.3) is 0 Å². The molecule has 18 rings (SSSR count). The Morgan fingerprint density at radius 3 is 1.47 bits per heavy atom. The second-order valence-electron chi connectivity index (χ2n) is 21.4. The summed E-state index contributed by atoms with van der Waals surface area (Å²) in [5.41, 5.74) is 24.3. The number of para-hydroxylation sites is 3. The summed E-state index contributed by atoms with van der Waals surface area (Å²) in [6.07, 6.45) is 0. The van der Waals surface area contributed by atoms with Crippen molar-refractivity contribution in [1.82, 2.24) is 4.57 Å². The Labute approximate surface area is 439 Å². The van der Waals surface area contributed by atoms with Gasteiger partial charge in [-0.05, 0) is 159 Å². The molecule has 4 aliphatic rings. The molecule has 0 bridgehead atoms. The molecule has 2 nitrogen and oxygen atoms in total. The Balaban J connectivity index is 0.934. The molecular weight excluding hydrogens is 917 g/mol. The van der Waals surface area contributed by atoms with Crippen LogP contribution in [0.1, 0.15) is 44.5 Å². The van der Waals surface area contributed by atoms with Crippen molar-refractivity contribution < 1.29 is 0 Å². The molecule has 76 heavy (non-hydrogen) atoms. The Morgan fingerprint density at radius 2 is 0.737 bits per heavy atom. The number of hydrogen-bond donors (Lipinski definition) is 0. The van der Waals surface area contributed by atoms with Gasteiger partial charge in [-0.25, -0.2) is 0 Å². The van der Waals surface area contributed by atoms with Crippen LogP contribution in [0.5, 0.6) is 0 Å². The number of fused-ring (bicyclic) bond motifs is 27. The monoisotopic (exact) mass is 960 g/mol. The zero-order chi connectivity index (χ0) is 49.4. The van der Waals surface area contributed by atoms with Crippen molar-refractivity contribution in [3.63, 3.8) is 0 Å². The van der Waals surface area contributed by atoms with Gasteiger partial charge in [0.15, 0.2) is 0 Å². The fraction of sp³-hybridized carbons (Fsp3) is 0.0270. The van der Waals surface area contributed by atoms with Crippen LogP contribution in [0.25, 0.3) is 93.2 Å². The van der Waals surface area contributed by atoms with E-state index in [0.29, 0.717) is 0 Å². The summed E-state index contributed by atoms with van der Waals surface area (Å²) in [7, 11) is 0. The highest BCUT2D eigenvalue weighted by molar-refractivity contribution is 6.14. The average Bonchev–Trinajstić information content (AvgIpc) is 4.33. The van der Waals surface area contributed by atoms with Crippen LogP contribution in [-0.4, -0.2) is 4.57 Å². The molecule has 13 aromatic carbocycles. The van der Waals surface area contributed by atoms with E-state index in [9.17, 15) is 0 Å². The Bertz CT molecular complexity index is 4920. The van der Waals surface area contributed by atoms with E-state index in [2.05, 4.69) is 276 Å². The van der Waals surface area contributed by atoms with Crippen LogP contribution in [0.2, 0.25) is 0 Å². The third-order valence-corrected chi connectivity index (χ3v) is 18.1. The minimum absolute atomic E-state index is 0.529. The molecule has 1 aliphatic heterocycles. The molecule has 14 aromatic rings. The van der Waals surface area contributed by atoms with Gasteiger partial charge in [-0.2, -0.15) is 0 Å². The largest absolute Gasteiger partial charge is 0.310 e. The summed E-state index contributed by atoms with van der Waals surface area (Å²) in [5.74, 6) is 0.